The maximum absolute atomic E-state index is 12.4. The molecule has 1 amide bonds. The molecule has 0 saturated heterocycles. The molecule has 4 rings (SSSR count). The van der Waals surface area contributed by atoms with Crippen LogP contribution in [0.25, 0.3) is 10.9 Å². The second kappa shape index (κ2) is 6.64. The van der Waals surface area contributed by atoms with Crippen LogP contribution in [0.2, 0.25) is 0 Å². The lowest BCUT2D eigenvalue weighted by atomic mass is 10.0. The molecule has 0 radical (unpaired) electrons. The van der Waals surface area contributed by atoms with Crippen LogP contribution in [0.4, 0.5) is 0 Å². The van der Waals surface area contributed by atoms with E-state index in [-0.39, 0.29) is 30.0 Å². The summed E-state index contributed by atoms with van der Waals surface area (Å²) in [7, 11) is 0. The molecular formula is C19H17BrN4O2. The van der Waals surface area contributed by atoms with Crippen molar-refractivity contribution in [3.63, 3.8) is 0 Å². The fourth-order valence-corrected chi connectivity index (χ4v) is 3.35. The molecule has 1 saturated carbocycles. The van der Waals surface area contributed by atoms with Gasteiger partial charge >= 0.3 is 0 Å². The molecule has 0 unspecified atom stereocenters. The number of aryl methyl sites for hydroxylation is 1. The first-order valence-electron chi connectivity index (χ1n) is 8.47. The molecule has 3 aromatic rings. The van der Waals surface area contributed by atoms with Gasteiger partial charge in [-0.3, -0.25) is 9.59 Å². The molecule has 0 aliphatic heterocycles. The molecule has 1 aromatic heterocycles. The van der Waals surface area contributed by atoms with Gasteiger partial charge in [0.15, 0.2) is 0 Å². The van der Waals surface area contributed by atoms with Gasteiger partial charge in [-0.25, -0.2) is 4.68 Å². The van der Waals surface area contributed by atoms with Gasteiger partial charge < -0.3 is 5.32 Å². The summed E-state index contributed by atoms with van der Waals surface area (Å²) in [5.74, 6) is -0.0905. The summed E-state index contributed by atoms with van der Waals surface area (Å²) in [5, 5.41) is 11.6. The molecule has 6 nitrogen and oxygen atoms in total. The third-order valence-electron chi connectivity index (χ3n) is 4.71. The zero-order valence-corrected chi connectivity index (χ0v) is 15.6. The van der Waals surface area contributed by atoms with E-state index >= 15 is 0 Å². The number of hydrogen-bond acceptors (Lipinski definition) is 4. The van der Waals surface area contributed by atoms with Gasteiger partial charge in [-0.15, -0.1) is 5.10 Å². The van der Waals surface area contributed by atoms with E-state index < -0.39 is 0 Å². The van der Waals surface area contributed by atoms with Crippen LogP contribution in [0.5, 0.6) is 0 Å². The zero-order chi connectivity index (χ0) is 18.1. The highest BCUT2D eigenvalue weighted by atomic mass is 79.9. The minimum atomic E-state index is -0.266. The standard InChI is InChI=1S/C19H17BrN4O2/c20-14-7-5-13(6-8-14)19(10-11-19)21-17(25)9-12-24-18(26)15-3-1-2-4-16(15)22-23-24/h1-8H,9-12H2,(H,21,25). The number of amides is 1. The van der Waals surface area contributed by atoms with E-state index in [9.17, 15) is 9.59 Å². The fraction of sp³-hybridized carbons (Fsp3) is 0.263. The molecule has 2 aromatic carbocycles. The van der Waals surface area contributed by atoms with E-state index in [2.05, 4.69) is 31.6 Å². The maximum atomic E-state index is 12.4. The molecule has 0 atom stereocenters. The normalized spacial score (nSPS) is 15.0. The third kappa shape index (κ3) is 3.26. The van der Waals surface area contributed by atoms with Crippen LogP contribution in [-0.4, -0.2) is 20.9 Å². The van der Waals surface area contributed by atoms with E-state index in [0.717, 1.165) is 22.9 Å². The lowest BCUT2D eigenvalue weighted by molar-refractivity contribution is -0.122. The Labute approximate surface area is 158 Å². The average molecular weight is 413 g/mol. The lowest BCUT2D eigenvalue weighted by Crippen LogP contribution is -2.36. The predicted molar refractivity (Wildman–Crippen MR) is 102 cm³/mol. The van der Waals surface area contributed by atoms with Crippen LogP contribution in [-0.2, 0) is 16.9 Å². The zero-order valence-electron chi connectivity index (χ0n) is 14.0. The molecule has 132 valence electrons. The highest BCUT2D eigenvalue weighted by molar-refractivity contribution is 9.10. The van der Waals surface area contributed by atoms with E-state index in [1.54, 1.807) is 18.2 Å². The Kier molecular flexibility index (Phi) is 4.32. The smallest absolute Gasteiger partial charge is 0.277 e. The Bertz CT molecular complexity index is 1030. The molecule has 0 spiro atoms. The number of nitrogens with one attached hydrogen (secondary N) is 1. The van der Waals surface area contributed by atoms with Crippen molar-refractivity contribution in [2.24, 2.45) is 0 Å². The van der Waals surface area contributed by atoms with E-state index in [1.165, 1.54) is 4.68 Å². The number of benzene rings is 2. The van der Waals surface area contributed by atoms with Gasteiger partial charge in [0.2, 0.25) is 5.91 Å². The number of aromatic nitrogens is 3. The summed E-state index contributed by atoms with van der Waals surface area (Å²) in [6.45, 7) is 0.207. The molecule has 1 heterocycles. The molecule has 26 heavy (non-hydrogen) atoms. The summed E-state index contributed by atoms with van der Waals surface area (Å²) in [6.07, 6.45) is 2.04. The van der Waals surface area contributed by atoms with Crippen molar-refractivity contribution in [2.75, 3.05) is 0 Å². The van der Waals surface area contributed by atoms with Crippen LogP contribution in [0.1, 0.15) is 24.8 Å². The van der Waals surface area contributed by atoms with Crippen molar-refractivity contribution in [1.29, 1.82) is 0 Å². The van der Waals surface area contributed by atoms with Crippen molar-refractivity contribution >= 4 is 32.7 Å². The third-order valence-corrected chi connectivity index (χ3v) is 5.23. The summed E-state index contributed by atoms with van der Waals surface area (Å²) < 4.78 is 2.26. The number of carbonyl (C=O) groups excluding carboxylic acids is 1. The van der Waals surface area contributed by atoms with Crippen molar-refractivity contribution in [2.45, 2.75) is 31.3 Å². The second-order valence-electron chi connectivity index (χ2n) is 6.52. The number of hydrogen-bond donors (Lipinski definition) is 1. The van der Waals surface area contributed by atoms with Crippen LogP contribution in [0, 0.1) is 0 Å². The fourth-order valence-electron chi connectivity index (χ4n) is 3.09. The minimum Gasteiger partial charge on any atom is -0.347 e. The Morgan fingerprint density at radius 1 is 1.15 bits per heavy atom. The first kappa shape index (κ1) is 16.9. The summed E-state index contributed by atoms with van der Waals surface area (Å²) >= 11 is 3.43. The van der Waals surface area contributed by atoms with Gasteiger partial charge in [0.1, 0.15) is 5.52 Å². The van der Waals surface area contributed by atoms with Crippen molar-refractivity contribution in [1.82, 2.24) is 20.3 Å². The number of halogens is 1. The van der Waals surface area contributed by atoms with Gasteiger partial charge in [-0.05, 0) is 42.7 Å². The van der Waals surface area contributed by atoms with Gasteiger partial charge in [0.25, 0.3) is 5.56 Å². The average Bonchev–Trinajstić information content (AvgIpc) is 3.42. The number of carbonyl (C=O) groups is 1. The highest BCUT2D eigenvalue weighted by Crippen LogP contribution is 2.45. The lowest BCUT2D eigenvalue weighted by Gasteiger charge is -2.18. The van der Waals surface area contributed by atoms with Crippen molar-refractivity contribution < 1.29 is 4.79 Å². The van der Waals surface area contributed by atoms with Gasteiger partial charge in [0, 0.05) is 10.9 Å². The molecule has 1 N–H and O–H groups in total. The maximum Gasteiger partial charge on any atom is 0.277 e. The number of nitrogens with zero attached hydrogens (tertiary/aromatic N) is 3. The molecule has 0 bridgehead atoms. The summed E-state index contributed by atoms with van der Waals surface area (Å²) in [4.78, 5) is 24.8. The summed E-state index contributed by atoms with van der Waals surface area (Å²) in [6, 6.07) is 15.1. The van der Waals surface area contributed by atoms with Crippen LogP contribution in [0.15, 0.2) is 57.8 Å². The molecule has 7 heteroatoms. The molecule has 1 aliphatic carbocycles. The quantitative estimate of drug-likeness (QED) is 0.698. The van der Waals surface area contributed by atoms with E-state index in [4.69, 9.17) is 0 Å². The first-order chi connectivity index (χ1) is 12.6. The number of fused-ring (bicyclic) bond motifs is 1. The number of rotatable bonds is 5. The first-order valence-corrected chi connectivity index (χ1v) is 9.26. The van der Waals surface area contributed by atoms with Gasteiger partial charge in [0.05, 0.1) is 17.5 Å². The Balaban J connectivity index is 1.44. The Hall–Kier alpha value is -2.54. The van der Waals surface area contributed by atoms with Crippen LogP contribution >= 0.6 is 15.9 Å². The largest absolute Gasteiger partial charge is 0.347 e. The second-order valence-corrected chi connectivity index (χ2v) is 7.44. The minimum absolute atomic E-state index is 0.0905. The predicted octanol–water partition coefficient (Wildman–Crippen LogP) is 2.75. The monoisotopic (exact) mass is 412 g/mol. The van der Waals surface area contributed by atoms with Gasteiger partial charge in [-0.1, -0.05) is 45.4 Å². The van der Waals surface area contributed by atoms with Crippen LogP contribution in [0.3, 0.4) is 0 Å². The van der Waals surface area contributed by atoms with Gasteiger partial charge in [-0.2, -0.15) is 0 Å². The van der Waals surface area contributed by atoms with E-state index in [0.29, 0.717) is 10.9 Å². The Morgan fingerprint density at radius 3 is 2.62 bits per heavy atom. The SMILES string of the molecule is O=C(CCn1nnc2ccccc2c1=O)NC1(c2ccc(Br)cc2)CC1. The molecule has 1 aliphatic rings. The van der Waals surface area contributed by atoms with E-state index in [1.807, 2.05) is 30.3 Å². The molecule has 1 fully saturated rings. The van der Waals surface area contributed by atoms with Crippen molar-refractivity contribution in [3.05, 3.63) is 68.9 Å². The highest BCUT2D eigenvalue weighted by Gasteiger charge is 2.45. The van der Waals surface area contributed by atoms with Crippen molar-refractivity contribution in [3.8, 4) is 0 Å². The summed E-state index contributed by atoms with van der Waals surface area (Å²) in [5.41, 5.74) is 1.18. The Morgan fingerprint density at radius 2 is 1.88 bits per heavy atom. The van der Waals surface area contributed by atoms with Crippen LogP contribution < -0.4 is 10.9 Å². The topological polar surface area (TPSA) is 76.9 Å². The molecular weight excluding hydrogens is 396 g/mol.